The van der Waals surface area contributed by atoms with Crippen LogP contribution in [0, 0.1) is 6.92 Å². The molecular weight excluding hydrogens is 451 g/mol. The first-order valence-corrected chi connectivity index (χ1v) is 8.41. The first-order valence-electron chi connectivity index (χ1n) is 8.41. The van der Waals surface area contributed by atoms with Crippen LogP contribution in [0.25, 0.3) is 0 Å². The molecule has 1 unspecified atom stereocenters. The maximum Gasteiger partial charge on any atom is 0.319 e. The van der Waals surface area contributed by atoms with Crippen LogP contribution in [-0.2, 0) is 6.54 Å². The molecule has 1 atom stereocenters. The number of aliphatic imine (C=N–C) groups is 1. The number of likely N-dealkylation sites (tertiary alicyclic amines) is 1. The molecule has 0 spiro atoms. The molecule has 1 aliphatic rings. The van der Waals surface area contributed by atoms with E-state index in [1.807, 2.05) is 0 Å². The molecule has 0 bridgehead atoms. The van der Waals surface area contributed by atoms with E-state index in [1.54, 1.807) is 7.05 Å². The summed E-state index contributed by atoms with van der Waals surface area (Å²) in [4.78, 5) is 10.5. The molecule has 1 saturated heterocycles. The third-order valence-corrected chi connectivity index (χ3v) is 4.69. The number of imidazole rings is 1. The highest BCUT2D eigenvalue weighted by molar-refractivity contribution is 14.0. The van der Waals surface area contributed by atoms with Gasteiger partial charge in [-0.15, -0.1) is 24.0 Å². The lowest BCUT2D eigenvalue weighted by atomic mass is 9.94. The van der Waals surface area contributed by atoms with Crippen molar-refractivity contribution in [2.75, 3.05) is 20.1 Å². The lowest BCUT2D eigenvalue weighted by Gasteiger charge is -2.22. The molecule has 1 aliphatic heterocycles. The molecule has 0 radical (unpaired) electrons. The predicted octanol–water partition coefficient (Wildman–Crippen LogP) is 3.77. The maximum absolute atomic E-state index is 12.9. The third kappa shape index (κ3) is 4.52. The van der Waals surface area contributed by atoms with Crippen molar-refractivity contribution in [2.45, 2.75) is 32.4 Å². The van der Waals surface area contributed by atoms with E-state index in [0.717, 1.165) is 30.0 Å². The number of hydrogen-bond acceptors (Lipinski definition) is 2. The van der Waals surface area contributed by atoms with Gasteiger partial charge in [0.15, 0.2) is 5.96 Å². The monoisotopic (exact) mass is 475 g/mol. The highest BCUT2D eigenvalue weighted by Crippen LogP contribution is 2.29. The molecule has 1 fully saturated rings. The number of nitrogens with one attached hydrogen (secondary N) is 1. The standard InChI is InChI=1S/C18H23F2N5.HI/c1-13-5-3-4-6-15(13)14-7-9-24(12-14)18(21-2)23-11-16-22-8-10-25(16)17(19)20;/h3-6,8,10,14,17H,7,9,11-12H2,1-2H3,(H,21,23);1H. The number of hydrogen-bond donors (Lipinski definition) is 1. The largest absolute Gasteiger partial charge is 0.349 e. The van der Waals surface area contributed by atoms with Crippen molar-refractivity contribution in [3.8, 4) is 0 Å². The van der Waals surface area contributed by atoms with Gasteiger partial charge in [-0.1, -0.05) is 24.3 Å². The van der Waals surface area contributed by atoms with E-state index in [2.05, 4.69) is 51.4 Å². The Labute approximate surface area is 169 Å². The molecule has 2 aromatic rings. The molecule has 0 amide bonds. The molecular formula is C18H24F2IN5. The number of guanidine groups is 1. The van der Waals surface area contributed by atoms with Gasteiger partial charge < -0.3 is 10.2 Å². The molecule has 1 N–H and O–H groups in total. The fourth-order valence-electron chi connectivity index (χ4n) is 3.40. The predicted molar refractivity (Wildman–Crippen MR) is 109 cm³/mol. The van der Waals surface area contributed by atoms with Gasteiger partial charge in [-0.3, -0.25) is 9.56 Å². The van der Waals surface area contributed by atoms with E-state index in [1.165, 1.54) is 23.5 Å². The molecule has 142 valence electrons. The number of alkyl halides is 2. The van der Waals surface area contributed by atoms with Crippen LogP contribution >= 0.6 is 24.0 Å². The zero-order chi connectivity index (χ0) is 17.8. The Balaban J connectivity index is 0.00000243. The van der Waals surface area contributed by atoms with E-state index in [9.17, 15) is 8.78 Å². The second kappa shape index (κ2) is 9.29. The molecule has 0 saturated carbocycles. The summed E-state index contributed by atoms with van der Waals surface area (Å²) >= 11 is 0. The Hall–Kier alpha value is -1.71. The van der Waals surface area contributed by atoms with Crippen molar-refractivity contribution in [1.82, 2.24) is 19.8 Å². The minimum absolute atomic E-state index is 0. The second-order valence-electron chi connectivity index (χ2n) is 6.22. The van der Waals surface area contributed by atoms with Gasteiger partial charge in [0.25, 0.3) is 0 Å². The molecule has 26 heavy (non-hydrogen) atoms. The molecule has 3 rings (SSSR count). The zero-order valence-corrected chi connectivity index (χ0v) is 17.2. The van der Waals surface area contributed by atoms with Crippen LogP contribution in [0.4, 0.5) is 8.78 Å². The molecule has 2 heterocycles. The summed E-state index contributed by atoms with van der Waals surface area (Å²) in [5, 5.41) is 3.15. The van der Waals surface area contributed by atoms with Crippen LogP contribution in [0.1, 0.15) is 35.8 Å². The summed E-state index contributed by atoms with van der Waals surface area (Å²) < 4.78 is 26.7. The van der Waals surface area contributed by atoms with E-state index in [4.69, 9.17) is 0 Å². The lowest BCUT2D eigenvalue weighted by Crippen LogP contribution is -2.40. The molecule has 1 aromatic carbocycles. The van der Waals surface area contributed by atoms with Crippen LogP contribution in [0.2, 0.25) is 0 Å². The van der Waals surface area contributed by atoms with E-state index in [0.29, 0.717) is 11.7 Å². The van der Waals surface area contributed by atoms with Crippen LogP contribution in [0.5, 0.6) is 0 Å². The van der Waals surface area contributed by atoms with Gasteiger partial charge in [0.05, 0.1) is 6.54 Å². The highest BCUT2D eigenvalue weighted by atomic mass is 127. The molecule has 1 aromatic heterocycles. The van der Waals surface area contributed by atoms with E-state index in [-0.39, 0.29) is 30.5 Å². The number of nitrogens with zero attached hydrogens (tertiary/aromatic N) is 4. The minimum atomic E-state index is -2.58. The molecule has 0 aliphatic carbocycles. The van der Waals surface area contributed by atoms with Crippen molar-refractivity contribution < 1.29 is 8.78 Å². The number of halogens is 3. The summed E-state index contributed by atoms with van der Waals surface area (Å²) in [5.41, 5.74) is 2.67. The van der Waals surface area contributed by atoms with Crippen molar-refractivity contribution >= 4 is 29.9 Å². The Morgan fingerprint density at radius 1 is 1.38 bits per heavy atom. The van der Waals surface area contributed by atoms with Crippen molar-refractivity contribution in [1.29, 1.82) is 0 Å². The van der Waals surface area contributed by atoms with Gasteiger partial charge in [-0.25, -0.2) is 4.98 Å². The Morgan fingerprint density at radius 2 is 2.15 bits per heavy atom. The Bertz CT molecular complexity index is 747. The number of rotatable bonds is 4. The van der Waals surface area contributed by atoms with E-state index < -0.39 is 6.55 Å². The quantitative estimate of drug-likeness (QED) is 0.416. The van der Waals surface area contributed by atoms with Gasteiger partial charge in [0.1, 0.15) is 5.82 Å². The Kier molecular flexibility index (Phi) is 7.36. The average Bonchev–Trinajstić information content (AvgIpc) is 3.25. The Morgan fingerprint density at radius 3 is 2.85 bits per heavy atom. The smallest absolute Gasteiger partial charge is 0.319 e. The number of aromatic nitrogens is 2. The van der Waals surface area contributed by atoms with Gasteiger partial charge in [0.2, 0.25) is 0 Å². The van der Waals surface area contributed by atoms with Crippen LogP contribution in [0.15, 0.2) is 41.7 Å². The average molecular weight is 475 g/mol. The van der Waals surface area contributed by atoms with Crippen LogP contribution < -0.4 is 5.32 Å². The summed E-state index contributed by atoms with van der Waals surface area (Å²) in [5.74, 6) is 1.48. The van der Waals surface area contributed by atoms with Gasteiger partial charge in [-0.05, 0) is 24.5 Å². The lowest BCUT2D eigenvalue weighted by molar-refractivity contribution is 0.0668. The molecule has 5 nitrogen and oxygen atoms in total. The first-order chi connectivity index (χ1) is 12.1. The van der Waals surface area contributed by atoms with Gasteiger partial charge >= 0.3 is 6.55 Å². The fourth-order valence-corrected chi connectivity index (χ4v) is 3.40. The van der Waals surface area contributed by atoms with Gasteiger partial charge in [-0.2, -0.15) is 8.78 Å². The summed E-state index contributed by atoms with van der Waals surface area (Å²) in [6, 6.07) is 8.44. The normalized spacial score (nSPS) is 17.5. The van der Waals surface area contributed by atoms with Crippen LogP contribution in [-0.4, -0.2) is 40.5 Å². The fraction of sp³-hybridized carbons (Fsp3) is 0.444. The van der Waals surface area contributed by atoms with Gasteiger partial charge in [0, 0.05) is 38.4 Å². The van der Waals surface area contributed by atoms with Crippen molar-refractivity contribution in [3.63, 3.8) is 0 Å². The topological polar surface area (TPSA) is 45.5 Å². The second-order valence-corrected chi connectivity index (χ2v) is 6.22. The minimum Gasteiger partial charge on any atom is -0.349 e. The summed E-state index contributed by atoms with van der Waals surface area (Å²) in [6.07, 6.45) is 3.72. The highest BCUT2D eigenvalue weighted by Gasteiger charge is 2.27. The van der Waals surface area contributed by atoms with Crippen LogP contribution in [0.3, 0.4) is 0 Å². The first kappa shape index (κ1) is 20.6. The third-order valence-electron chi connectivity index (χ3n) is 4.69. The summed E-state index contributed by atoms with van der Waals surface area (Å²) in [7, 11) is 1.71. The van der Waals surface area contributed by atoms with Crippen molar-refractivity contribution in [3.05, 3.63) is 53.6 Å². The maximum atomic E-state index is 12.9. The zero-order valence-electron chi connectivity index (χ0n) is 14.9. The SMILES string of the molecule is CN=C(NCc1nccn1C(F)F)N1CCC(c2ccccc2C)C1.I. The van der Waals surface area contributed by atoms with Crippen molar-refractivity contribution in [2.24, 2.45) is 4.99 Å². The summed E-state index contributed by atoms with van der Waals surface area (Å²) in [6.45, 7) is 1.53. The molecule has 8 heteroatoms. The number of benzene rings is 1. The van der Waals surface area contributed by atoms with E-state index >= 15 is 0 Å². The number of aryl methyl sites for hydroxylation is 1.